The molecule has 2 aliphatic heterocycles. The van der Waals surface area contributed by atoms with Crippen LogP contribution in [0.1, 0.15) is 56.0 Å². The summed E-state index contributed by atoms with van der Waals surface area (Å²) in [6.45, 7) is 6.86. The largest absolute Gasteiger partial charge is 0.478 e. The third kappa shape index (κ3) is 4.07. The number of likely N-dealkylation sites (tertiary alicyclic amines) is 2. The van der Waals surface area contributed by atoms with Crippen molar-refractivity contribution in [1.82, 2.24) is 9.80 Å². The quantitative estimate of drug-likeness (QED) is 0.879. The molecule has 2 fully saturated rings. The molecule has 27 heavy (non-hydrogen) atoms. The lowest BCUT2D eigenvalue weighted by molar-refractivity contribution is -0.154. The van der Waals surface area contributed by atoms with Crippen molar-refractivity contribution >= 4 is 18.0 Å². The van der Waals surface area contributed by atoms with Crippen molar-refractivity contribution < 1.29 is 24.2 Å². The van der Waals surface area contributed by atoms with Gasteiger partial charge in [-0.15, -0.1) is 0 Å². The van der Waals surface area contributed by atoms with Crippen LogP contribution in [0.2, 0.25) is 0 Å². The van der Waals surface area contributed by atoms with E-state index < -0.39 is 11.6 Å². The van der Waals surface area contributed by atoms with E-state index in [9.17, 15) is 14.4 Å². The Balaban J connectivity index is 1.70. The summed E-state index contributed by atoms with van der Waals surface area (Å²) in [5.74, 6) is -0.897. The van der Waals surface area contributed by atoms with Crippen LogP contribution >= 0.6 is 0 Å². The third-order valence-electron chi connectivity index (χ3n) is 5.07. The number of amides is 2. The zero-order valence-electron chi connectivity index (χ0n) is 16.0. The Morgan fingerprint density at radius 2 is 1.81 bits per heavy atom. The van der Waals surface area contributed by atoms with Crippen LogP contribution in [0.25, 0.3) is 0 Å². The molecule has 0 radical (unpaired) electrons. The van der Waals surface area contributed by atoms with Gasteiger partial charge in [-0.25, -0.2) is 9.59 Å². The number of piperidine rings is 1. The predicted molar refractivity (Wildman–Crippen MR) is 98.3 cm³/mol. The molecule has 1 aromatic rings. The van der Waals surface area contributed by atoms with Crippen molar-refractivity contribution in [3.63, 3.8) is 0 Å². The summed E-state index contributed by atoms with van der Waals surface area (Å²) in [5.41, 5.74) is 0.203. The molecule has 146 valence electrons. The average Bonchev–Trinajstić information content (AvgIpc) is 2.53. The van der Waals surface area contributed by atoms with Crippen LogP contribution in [0.5, 0.6) is 0 Å². The molecule has 3 rings (SSSR count). The molecule has 2 amide bonds. The van der Waals surface area contributed by atoms with E-state index in [1.54, 1.807) is 29.2 Å². The fourth-order valence-electron chi connectivity index (χ4n) is 3.74. The van der Waals surface area contributed by atoms with E-state index in [1.807, 2.05) is 25.7 Å². The van der Waals surface area contributed by atoms with Gasteiger partial charge in [-0.3, -0.25) is 4.79 Å². The number of carboxylic acid groups (broad SMARTS) is 1. The SMILES string of the molecule is CC(C)(C)OC(=O)N1CC2(CCCC(=O)N2Cc2ccc(C(=O)O)cc2)C1. The Bertz CT molecular complexity index is 745. The molecule has 1 N–H and O–H groups in total. The number of carbonyl (C=O) groups is 3. The average molecular weight is 374 g/mol. The topological polar surface area (TPSA) is 87.2 Å². The zero-order chi connectivity index (χ0) is 19.8. The molecule has 0 atom stereocenters. The highest BCUT2D eigenvalue weighted by atomic mass is 16.6. The van der Waals surface area contributed by atoms with E-state index in [-0.39, 0.29) is 23.1 Å². The van der Waals surface area contributed by atoms with Gasteiger partial charge in [-0.1, -0.05) is 12.1 Å². The lowest BCUT2D eigenvalue weighted by Gasteiger charge is -2.57. The molecular weight excluding hydrogens is 348 g/mol. The minimum atomic E-state index is -0.973. The van der Waals surface area contributed by atoms with Gasteiger partial charge in [0.15, 0.2) is 0 Å². The van der Waals surface area contributed by atoms with Gasteiger partial charge in [0.25, 0.3) is 0 Å². The monoisotopic (exact) mass is 374 g/mol. The van der Waals surface area contributed by atoms with E-state index in [1.165, 1.54) is 0 Å². The van der Waals surface area contributed by atoms with E-state index >= 15 is 0 Å². The maximum absolute atomic E-state index is 12.6. The number of rotatable bonds is 3. The minimum Gasteiger partial charge on any atom is -0.478 e. The molecule has 7 nitrogen and oxygen atoms in total. The second-order valence-corrected chi connectivity index (χ2v) is 8.40. The second-order valence-electron chi connectivity index (χ2n) is 8.40. The zero-order valence-corrected chi connectivity index (χ0v) is 16.0. The van der Waals surface area contributed by atoms with E-state index in [0.29, 0.717) is 26.1 Å². The van der Waals surface area contributed by atoms with Crippen LogP contribution < -0.4 is 0 Å². The van der Waals surface area contributed by atoms with Crippen molar-refractivity contribution in [1.29, 1.82) is 0 Å². The highest BCUT2D eigenvalue weighted by Gasteiger charge is 2.53. The molecule has 2 heterocycles. The smallest absolute Gasteiger partial charge is 0.410 e. The van der Waals surface area contributed by atoms with Gasteiger partial charge in [0.05, 0.1) is 11.1 Å². The van der Waals surface area contributed by atoms with Crippen molar-refractivity contribution in [2.45, 2.75) is 57.7 Å². The molecule has 0 aromatic heterocycles. The number of aromatic carboxylic acids is 1. The Morgan fingerprint density at radius 3 is 2.37 bits per heavy atom. The predicted octanol–water partition coefficient (Wildman–Crippen LogP) is 2.89. The lowest BCUT2D eigenvalue weighted by Crippen LogP contribution is -2.73. The summed E-state index contributed by atoms with van der Waals surface area (Å²) in [4.78, 5) is 39.3. The summed E-state index contributed by atoms with van der Waals surface area (Å²) < 4.78 is 5.42. The van der Waals surface area contributed by atoms with Crippen molar-refractivity contribution in [2.75, 3.05) is 13.1 Å². The Kier molecular flexibility index (Phi) is 4.88. The fraction of sp³-hybridized carbons (Fsp3) is 0.550. The van der Waals surface area contributed by atoms with Gasteiger partial charge in [0, 0.05) is 26.1 Å². The summed E-state index contributed by atoms with van der Waals surface area (Å²) in [7, 11) is 0. The van der Waals surface area contributed by atoms with Crippen LogP contribution in [0.15, 0.2) is 24.3 Å². The van der Waals surface area contributed by atoms with Gasteiger partial charge in [-0.05, 0) is 51.3 Å². The summed E-state index contributed by atoms with van der Waals surface area (Å²) in [6.07, 6.45) is 1.82. The summed E-state index contributed by atoms with van der Waals surface area (Å²) in [5, 5.41) is 9.02. The Hall–Kier alpha value is -2.57. The first-order valence-electron chi connectivity index (χ1n) is 9.20. The van der Waals surface area contributed by atoms with Gasteiger partial charge in [0.1, 0.15) is 5.60 Å². The van der Waals surface area contributed by atoms with Gasteiger partial charge < -0.3 is 19.6 Å². The molecule has 0 unspecified atom stereocenters. The number of carbonyl (C=O) groups excluding carboxylic acids is 2. The van der Waals surface area contributed by atoms with E-state index in [2.05, 4.69) is 0 Å². The normalized spacial score (nSPS) is 19.0. The molecule has 2 aliphatic rings. The lowest BCUT2D eigenvalue weighted by atomic mass is 9.79. The molecular formula is C20H26N2O5. The van der Waals surface area contributed by atoms with Crippen LogP contribution in [-0.2, 0) is 16.1 Å². The number of carboxylic acids is 1. The number of benzene rings is 1. The molecule has 0 aliphatic carbocycles. The number of hydrogen-bond donors (Lipinski definition) is 1. The van der Waals surface area contributed by atoms with E-state index in [4.69, 9.17) is 9.84 Å². The first-order chi connectivity index (χ1) is 12.6. The highest BCUT2D eigenvalue weighted by Crippen LogP contribution is 2.38. The van der Waals surface area contributed by atoms with Gasteiger partial charge in [0.2, 0.25) is 5.91 Å². The van der Waals surface area contributed by atoms with Crippen LogP contribution in [0.4, 0.5) is 4.79 Å². The maximum atomic E-state index is 12.6. The van der Waals surface area contributed by atoms with Gasteiger partial charge in [-0.2, -0.15) is 0 Å². The fourth-order valence-corrected chi connectivity index (χ4v) is 3.74. The highest BCUT2D eigenvalue weighted by molar-refractivity contribution is 5.87. The second kappa shape index (κ2) is 6.87. The standard InChI is InChI=1S/C20H26N2O5/c1-19(2,3)27-18(26)21-12-20(13-21)10-4-5-16(23)22(20)11-14-6-8-15(9-7-14)17(24)25/h6-9H,4-5,10-13H2,1-3H3,(H,24,25). The minimum absolute atomic E-state index is 0.0763. The third-order valence-corrected chi connectivity index (χ3v) is 5.07. The van der Waals surface area contributed by atoms with E-state index in [0.717, 1.165) is 18.4 Å². The van der Waals surface area contributed by atoms with Crippen LogP contribution in [0, 0.1) is 0 Å². The number of hydrogen-bond acceptors (Lipinski definition) is 4. The van der Waals surface area contributed by atoms with Crippen molar-refractivity contribution in [3.05, 3.63) is 35.4 Å². The number of ether oxygens (including phenoxy) is 1. The van der Waals surface area contributed by atoms with Crippen LogP contribution in [0.3, 0.4) is 0 Å². The Labute approximate surface area is 158 Å². The molecule has 1 spiro atoms. The Morgan fingerprint density at radius 1 is 1.19 bits per heavy atom. The molecule has 1 aromatic carbocycles. The summed E-state index contributed by atoms with van der Waals surface area (Å²) in [6, 6.07) is 6.58. The van der Waals surface area contributed by atoms with Gasteiger partial charge >= 0.3 is 12.1 Å². The van der Waals surface area contributed by atoms with Crippen molar-refractivity contribution in [3.8, 4) is 0 Å². The molecule has 0 saturated carbocycles. The first kappa shape index (κ1) is 19.2. The maximum Gasteiger partial charge on any atom is 0.410 e. The summed E-state index contributed by atoms with van der Waals surface area (Å²) >= 11 is 0. The molecule has 2 saturated heterocycles. The first-order valence-corrected chi connectivity index (χ1v) is 9.20. The van der Waals surface area contributed by atoms with Crippen LogP contribution in [-0.4, -0.2) is 57.1 Å². The molecule has 0 bridgehead atoms. The molecule has 7 heteroatoms. The number of nitrogens with zero attached hydrogens (tertiary/aromatic N) is 2. The van der Waals surface area contributed by atoms with Crippen molar-refractivity contribution in [2.24, 2.45) is 0 Å².